The average molecular weight is 258 g/mol. The standard InChI is InChI=1S/C13H14N4O2/c14-8-2-3-9-7(5-8)1-4-10(9)16-12(18)11-6-15-13(19)17-11/h2-3,5-6,10H,1,4,14H2,(H,16,18)(H2,15,17,19). The largest absolute Gasteiger partial charge is 0.399 e. The molecule has 0 saturated carbocycles. The van der Waals surface area contributed by atoms with E-state index in [1.54, 1.807) is 0 Å². The monoisotopic (exact) mass is 258 g/mol. The maximum Gasteiger partial charge on any atom is 0.323 e. The first-order chi connectivity index (χ1) is 9.13. The summed E-state index contributed by atoms with van der Waals surface area (Å²) in [6.07, 6.45) is 3.12. The summed E-state index contributed by atoms with van der Waals surface area (Å²) >= 11 is 0. The van der Waals surface area contributed by atoms with E-state index in [2.05, 4.69) is 15.3 Å². The van der Waals surface area contributed by atoms with Gasteiger partial charge in [0.15, 0.2) is 0 Å². The van der Waals surface area contributed by atoms with E-state index in [0.717, 1.165) is 24.1 Å². The number of aryl methyl sites for hydroxylation is 1. The van der Waals surface area contributed by atoms with E-state index in [9.17, 15) is 9.59 Å². The summed E-state index contributed by atoms with van der Waals surface area (Å²) in [4.78, 5) is 27.8. The van der Waals surface area contributed by atoms with E-state index in [-0.39, 0.29) is 23.3 Å². The highest BCUT2D eigenvalue weighted by atomic mass is 16.2. The zero-order valence-electron chi connectivity index (χ0n) is 10.2. The zero-order valence-corrected chi connectivity index (χ0v) is 10.2. The van der Waals surface area contributed by atoms with Gasteiger partial charge >= 0.3 is 5.69 Å². The molecule has 1 heterocycles. The minimum atomic E-state index is -0.384. The highest BCUT2D eigenvalue weighted by Gasteiger charge is 2.24. The number of hydrogen-bond acceptors (Lipinski definition) is 3. The molecule has 19 heavy (non-hydrogen) atoms. The van der Waals surface area contributed by atoms with Crippen molar-refractivity contribution in [3.05, 3.63) is 51.7 Å². The maximum atomic E-state index is 12.0. The molecule has 1 aromatic carbocycles. The van der Waals surface area contributed by atoms with Crippen molar-refractivity contribution in [2.75, 3.05) is 5.73 Å². The number of anilines is 1. The lowest BCUT2D eigenvalue weighted by molar-refractivity contribution is 0.0932. The average Bonchev–Trinajstić information content (AvgIpc) is 2.96. The molecule has 98 valence electrons. The molecule has 0 fully saturated rings. The second-order valence-corrected chi connectivity index (χ2v) is 4.68. The van der Waals surface area contributed by atoms with Crippen LogP contribution in [0, 0.1) is 0 Å². The molecule has 1 aromatic heterocycles. The number of aromatic amines is 2. The highest BCUT2D eigenvalue weighted by molar-refractivity contribution is 5.92. The number of nitrogens with one attached hydrogen (secondary N) is 3. The number of fused-ring (bicyclic) bond motifs is 1. The fourth-order valence-corrected chi connectivity index (χ4v) is 2.48. The van der Waals surface area contributed by atoms with Crippen molar-refractivity contribution in [1.82, 2.24) is 15.3 Å². The van der Waals surface area contributed by atoms with Gasteiger partial charge in [-0.15, -0.1) is 0 Å². The maximum absolute atomic E-state index is 12.0. The molecule has 1 unspecified atom stereocenters. The third kappa shape index (κ3) is 2.12. The molecule has 6 heteroatoms. The van der Waals surface area contributed by atoms with Crippen LogP contribution >= 0.6 is 0 Å². The second-order valence-electron chi connectivity index (χ2n) is 4.68. The Hall–Kier alpha value is -2.50. The summed E-state index contributed by atoms with van der Waals surface area (Å²) in [5.41, 5.74) is 8.61. The molecule has 0 bridgehead atoms. The molecule has 1 amide bonds. The third-order valence-electron chi connectivity index (χ3n) is 3.39. The SMILES string of the molecule is Nc1ccc2c(c1)CCC2NC(=O)c1c[nH]c(=O)[nH]1. The Morgan fingerprint density at radius 2 is 2.26 bits per heavy atom. The Morgan fingerprint density at radius 3 is 3.00 bits per heavy atom. The summed E-state index contributed by atoms with van der Waals surface area (Å²) in [5.74, 6) is -0.284. The van der Waals surface area contributed by atoms with Crippen LogP contribution in [0.4, 0.5) is 5.69 Å². The van der Waals surface area contributed by atoms with Crippen LogP contribution in [0.15, 0.2) is 29.2 Å². The minimum Gasteiger partial charge on any atom is -0.399 e. The van der Waals surface area contributed by atoms with E-state index in [1.807, 2.05) is 18.2 Å². The molecule has 1 atom stereocenters. The number of aromatic nitrogens is 2. The van der Waals surface area contributed by atoms with Crippen LogP contribution in [0.1, 0.15) is 34.1 Å². The number of rotatable bonds is 2. The molecule has 0 radical (unpaired) electrons. The van der Waals surface area contributed by atoms with E-state index >= 15 is 0 Å². The molecule has 1 aliphatic carbocycles. The lowest BCUT2D eigenvalue weighted by Crippen LogP contribution is -2.27. The van der Waals surface area contributed by atoms with Crippen LogP contribution in [0.2, 0.25) is 0 Å². The van der Waals surface area contributed by atoms with Gasteiger partial charge in [0.25, 0.3) is 5.91 Å². The summed E-state index contributed by atoms with van der Waals surface area (Å²) < 4.78 is 0. The van der Waals surface area contributed by atoms with Gasteiger partial charge in [-0.1, -0.05) is 6.07 Å². The van der Waals surface area contributed by atoms with E-state index in [0.29, 0.717) is 0 Å². The number of amides is 1. The van der Waals surface area contributed by atoms with Crippen molar-refractivity contribution < 1.29 is 4.79 Å². The van der Waals surface area contributed by atoms with Crippen LogP contribution in [0.25, 0.3) is 0 Å². The Balaban J connectivity index is 1.80. The van der Waals surface area contributed by atoms with Gasteiger partial charge in [-0.05, 0) is 36.1 Å². The predicted octanol–water partition coefficient (Wildman–Crippen LogP) is 0.702. The normalized spacial score (nSPS) is 17.2. The topological polar surface area (TPSA) is 104 Å². The Labute approximate surface area is 109 Å². The lowest BCUT2D eigenvalue weighted by Gasteiger charge is -2.13. The van der Waals surface area contributed by atoms with Gasteiger partial charge in [0.05, 0.1) is 6.04 Å². The van der Waals surface area contributed by atoms with Crippen LogP contribution in [-0.4, -0.2) is 15.9 Å². The van der Waals surface area contributed by atoms with Crippen molar-refractivity contribution in [1.29, 1.82) is 0 Å². The van der Waals surface area contributed by atoms with E-state index in [4.69, 9.17) is 5.73 Å². The fourth-order valence-electron chi connectivity index (χ4n) is 2.48. The van der Waals surface area contributed by atoms with Gasteiger partial charge < -0.3 is 21.0 Å². The lowest BCUT2D eigenvalue weighted by atomic mass is 10.1. The first-order valence-corrected chi connectivity index (χ1v) is 6.10. The van der Waals surface area contributed by atoms with Crippen molar-refractivity contribution in [3.63, 3.8) is 0 Å². The zero-order chi connectivity index (χ0) is 13.4. The number of carbonyl (C=O) groups excluding carboxylic acids is 1. The molecule has 3 rings (SSSR count). The van der Waals surface area contributed by atoms with Gasteiger partial charge in [-0.3, -0.25) is 4.79 Å². The van der Waals surface area contributed by atoms with E-state index in [1.165, 1.54) is 11.8 Å². The highest BCUT2D eigenvalue weighted by Crippen LogP contribution is 2.32. The molecule has 0 aliphatic heterocycles. The number of benzene rings is 1. The molecular weight excluding hydrogens is 244 g/mol. The smallest absolute Gasteiger partial charge is 0.323 e. The first-order valence-electron chi connectivity index (χ1n) is 6.10. The van der Waals surface area contributed by atoms with Crippen molar-refractivity contribution in [2.24, 2.45) is 0 Å². The third-order valence-corrected chi connectivity index (χ3v) is 3.39. The number of nitrogens with two attached hydrogens (primary N) is 1. The Morgan fingerprint density at radius 1 is 1.42 bits per heavy atom. The van der Waals surface area contributed by atoms with Crippen LogP contribution in [0.3, 0.4) is 0 Å². The molecular formula is C13H14N4O2. The van der Waals surface area contributed by atoms with Crippen LogP contribution in [0.5, 0.6) is 0 Å². The number of carbonyl (C=O) groups is 1. The fraction of sp³-hybridized carbons (Fsp3) is 0.231. The van der Waals surface area contributed by atoms with Crippen molar-refractivity contribution >= 4 is 11.6 Å². The minimum absolute atomic E-state index is 0.0264. The molecule has 0 spiro atoms. The number of hydrogen-bond donors (Lipinski definition) is 4. The molecule has 0 saturated heterocycles. The molecule has 6 nitrogen and oxygen atoms in total. The molecule has 2 aromatic rings. The van der Waals surface area contributed by atoms with E-state index < -0.39 is 0 Å². The Kier molecular flexibility index (Phi) is 2.63. The van der Waals surface area contributed by atoms with Gasteiger partial charge in [-0.2, -0.15) is 0 Å². The number of H-pyrrole nitrogens is 2. The van der Waals surface area contributed by atoms with Gasteiger partial charge in [0, 0.05) is 11.9 Å². The first kappa shape index (κ1) is 11.6. The summed E-state index contributed by atoms with van der Waals surface area (Å²) in [5, 5.41) is 2.91. The number of nitrogen functional groups attached to an aromatic ring is 1. The Bertz CT molecular complexity index is 686. The van der Waals surface area contributed by atoms with Crippen LogP contribution < -0.4 is 16.7 Å². The van der Waals surface area contributed by atoms with Crippen molar-refractivity contribution in [3.8, 4) is 0 Å². The number of imidazole rings is 1. The summed E-state index contributed by atoms with van der Waals surface area (Å²) in [6, 6.07) is 5.70. The summed E-state index contributed by atoms with van der Waals surface area (Å²) in [6.45, 7) is 0. The van der Waals surface area contributed by atoms with Crippen LogP contribution in [-0.2, 0) is 6.42 Å². The van der Waals surface area contributed by atoms with Gasteiger partial charge in [0.1, 0.15) is 5.69 Å². The van der Waals surface area contributed by atoms with Gasteiger partial charge in [0.2, 0.25) is 0 Å². The van der Waals surface area contributed by atoms with Gasteiger partial charge in [-0.25, -0.2) is 4.79 Å². The predicted molar refractivity (Wildman–Crippen MR) is 70.8 cm³/mol. The summed E-state index contributed by atoms with van der Waals surface area (Å²) in [7, 11) is 0. The second kappa shape index (κ2) is 4.31. The quantitative estimate of drug-likeness (QED) is 0.596. The van der Waals surface area contributed by atoms with Crippen molar-refractivity contribution in [2.45, 2.75) is 18.9 Å². The molecule has 1 aliphatic rings. The molecule has 5 N–H and O–H groups in total.